The van der Waals surface area contributed by atoms with E-state index in [1.807, 2.05) is 25.6 Å². The molecule has 0 aliphatic carbocycles. The van der Waals surface area contributed by atoms with Gasteiger partial charge in [-0.3, -0.25) is 9.48 Å². The minimum atomic E-state index is -0.130. The summed E-state index contributed by atoms with van der Waals surface area (Å²) in [5.74, 6) is 0.526. The van der Waals surface area contributed by atoms with Gasteiger partial charge in [0, 0.05) is 43.1 Å². The number of aromatic nitrogens is 4. The van der Waals surface area contributed by atoms with E-state index in [1.54, 1.807) is 48.5 Å². The zero-order valence-corrected chi connectivity index (χ0v) is 16.6. The number of nitrogens with zero attached hydrogens (tertiary/aromatic N) is 5. The number of halogens is 1. The predicted molar refractivity (Wildman–Crippen MR) is 103 cm³/mol. The molecule has 3 rings (SSSR count). The second-order valence-electron chi connectivity index (χ2n) is 6.38. The fourth-order valence-electron chi connectivity index (χ4n) is 2.83. The van der Waals surface area contributed by atoms with Gasteiger partial charge in [-0.1, -0.05) is 11.6 Å². The molecule has 0 atom stereocenters. The lowest BCUT2D eigenvalue weighted by atomic mass is 10.2. The normalized spacial score (nSPS) is 10.9. The molecule has 0 aliphatic rings. The number of ether oxygens (including phenoxy) is 1. The molecule has 7 nitrogen and oxygen atoms in total. The SMILES string of the molecule is Cc1nn(C)c(C)c1CN(C)C(=O)c1ccnn1COc1ccc(Cl)cc1. The van der Waals surface area contributed by atoms with Crippen molar-refractivity contribution in [2.45, 2.75) is 27.1 Å². The highest BCUT2D eigenvalue weighted by Gasteiger charge is 2.20. The van der Waals surface area contributed by atoms with E-state index in [0.29, 0.717) is 23.0 Å². The van der Waals surface area contributed by atoms with Crippen LogP contribution < -0.4 is 4.74 Å². The topological polar surface area (TPSA) is 65.2 Å². The first-order valence-corrected chi connectivity index (χ1v) is 8.89. The van der Waals surface area contributed by atoms with E-state index in [4.69, 9.17) is 16.3 Å². The Balaban J connectivity index is 1.70. The van der Waals surface area contributed by atoms with E-state index in [0.717, 1.165) is 17.0 Å². The van der Waals surface area contributed by atoms with Gasteiger partial charge in [0.2, 0.25) is 0 Å². The van der Waals surface area contributed by atoms with Gasteiger partial charge in [0.15, 0.2) is 6.73 Å². The molecule has 0 N–H and O–H groups in total. The van der Waals surface area contributed by atoms with Crippen molar-refractivity contribution in [3.05, 3.63) is 64.2 Å². The van der Waals surface area contributed by atoms with Gasteiger partial charge in [0.25, 0.3) is 5.91 Å². The third-order valence-corrected chi connectivity index (χ3v) is 4.76. The van der Waals surface area contributed by atoms with Crippen LogP contribution in [0.4, 0.5) is 0 Å². The first kappa shape index (κ1) is 19.0. The van der Waals surface area contributed by atoms with Crippen molar-refractivity contribution in [2.24, 2.45) is 7.05 Å². The quantitative estimate of drug-likeness (QED) is 0.651. The highest BCUT2D eigenvalue weighted by atomic mass is 35.5. The second kappa shape index (κ2) is 7.84. The molecule has 0 aliphatic heterocycles. The summed E-state index contributed by atoms with van der Waals surface area (Å²) in [7, 11) is 3.67. The molecule has 0 fully saturated rings. The number of amides is 1. The minimum absolute atomic E-state index is 0.130. The largest absolute Gasteiger partial charge is 0.471 e. The fourth-order valence-corrected chi connectivity index (χ4v) is 2.96. The van der Waals surface area contributed by atoms with Gasteiger partial charge in [0.1, 0.15) is 11.4 Å². The van der Waals surface area contributed by atoms with Crippen molar-refractivity contribution in [3.8, 4) is 5.75 Å². The Morgan fingerprint density at radius 2 is 1.93 bits per heavy atom. The van der Waals surface area contributed by atoms with Gasteiger partial charge in [-0.25, -0.2) is 4.68 Å². The summed E-state index contributed by atoms with van der Waals surface area (Å²) in [6, 6.07) is 8.73. The second-order valence-corrected chi connectivity index (χ2v) is 6.81. The highest BCUT2D eigenvalue weighted by Crippen LogP contribution is 2.17. The van der Waals surface area contributed by atoms with Crippen LogP contribution in [-0.4, -0.2) is 37.4 Å². The Hall–Kier alpha value is -2.80. The number of carbonyl (C=O) groups is 1. The van der Waals surface area contributed by atoms with Gasteiger partial charge in [0.05, 0.1) is 5.69 Å². The molecule has 2 aromatic heterocycles. The highest BCUT2D eigenvalue weighted by molar-refractivity contribution is 6.30. The standard InChI is InChI=1S/C19H22ClN5O2/c1-13-17(14(2)24(4)22-13)11-23(3)19(26)18-9-10-21-25(18)12-27-16-7-5-15(20)6-8-16/h5-10H,11-12H2,1-4H3. The number of rotatable bonds is 6. The molecule has 0 bridgehead atoms. The van der Waals surface area contributed by atoms with Crippen molar-refractivity contribution in [3.63, 3.8) is 0 Å². The molecule has 0 spiro atoms. The molecule has 2 heterocycles. The molecule has 0 saturated carbocycles. The van der Waals surface area contributed by atoms with Crippen LogP contribution in [0.2, 0.25) is 5.02 Å². The molecule has 1 aromatic carbocycles. The first-order chi connectivity index (χ1) is 12.9. The number of aryl methyl sites for hydroxylation is 2. The molecule has 142 valence electrons. The van der Waals surface area contributed by atoms with Gasteiger partial charge < -0.3 is 9.64 Å². The van der Waals surface area contributed by atoms with Crippen LogP contribution in [0.3, 0.4) is 0 Å². The zero-order chi connectivity index (χ0) is 19.6. The van der Waals surface area contributed by atoms with Crippen LogP contribution in [0.15, 0.2) is 36.5 Å². The van der Waals surface area contributed by atoms with Crippen molar-refractivity contribution in [2.75, 3.05) is 7.05 Å². The molecule has 0 radical (unpaired) electrons. The Morgan fingerprint density at radius 3 is 2.56 bits per heavy atom. The maximum atomic E-state index is 12.9. The Kier molecular flexibility index (Phi) is 5.51. The summed E-state index contributed by atoms with van der Waals surface area (Å²) in [5, 5.41) is 9.24. The maximum Gasteiger partial charge on any atom is 0.272 e. The Morgan fingerprint density at radius 1 is 1.22 bits per heavy atom. The molecular weight excluding hydrogens is 366 g/mol. The van der Waals surface area contributed by atoms with Crippen LogP contribution >= 0.6 is 11.6 Å². The third kappa shape index (κ3) is 4.14. The van der Waals surface area contributed by atoms with Gasteiger partial charge in [-0.05, 0) is 44.2 Å². The van der Waals surface area contributed by atoms with Gasteiger partial charge in [-0.2, -0.15) is 10.2 Å². The maximum absolute atomic E-state index is 12.9. The fraction of sp³-hybridized carbons (Fsp3) is 0.316. The smallest absolute Gasteiger partial charge is 0.272 e. The van der Waals surface area contributed by atoms with Crippen molar-refractivity contribution in [1.29, 1.82) is 0 Å². The molecule has 0 unspecified atom stereocenters. The molecule has 3 aromatic rings. The zero-order valence-electron chi connectivity index (χ0n) is 15.8. The number of benzene rings is 1. The molecule has 0 saturated heterocycles. The average Bonchev–Trinajstić information content (AvgIpc) is 3.20. The van der Waals surface area contributed by atoms with E-state index >= 15 is 0 Å². The summed E-state index contributed by atoms with van der Waals surface area (Å²) in [6.07, 6.45) is 1.59. The molecular formula is C19H22ClN5O2. The molecule has 1 amide bonds. The van der Waals surface area contributed by atoms with E-state index in [9.17, 15) is 4.79 Å². The van der Waals surface area contributed by atoms with Crippen LogP contribution in [0, 0.1) is 13.8 Å². The summed E-state index contributed by atoms with van der Waals surface area (Å²) < 4.78 is 9.06. The van der Waals surface area contributed by atoms with Gasteiger partial charge in [-0.15, -0.1) is 0 Å². The predicted octanol–water partition coefficient (Wildman–Crippen LogP) is 3.20. The minimum Gasteiger partial charge on any atom is -0.471 e. The molecule has 27 heavy (non-hydrogen) atoms. The van der Waals surface area contributed by atoms with Crippen LogP contribution in [0.5, 0.6) is 5.75 Å². The van der Waals surface area contributed by atoms with Crippen molar-refractivity contribution >= 4 is 17.5 Å². The summed E-state index contributed by atoms with van der Waals surface area (Å²) in [5.41, 5.74) is 3.49. The van der Waals surface area contributed by atoms with Crippen molar-refractivity contribution in [1.82, 2.24) is 24.5 Å². The lowest BCUT2D eigenvalue weighted by molar-refractivity contribution is 0.0762. The van der Waals surface area contributed by atoms with E-state index in [1.165, 1.54) is 4.68 Å². The van der Waals surface area contributed by atoms with Crippen molar-refractivity contribution < 1.29 is 9.53 Å². The van der Waals surface area contributed by atoms with E-state index in [-0.39, 0.29) is 12.6 Å². The lowest BCUT2D eigenvalue weighted by Crippen LogP contribution is -2.29. The number of hydrogen-bond donors (Lipinski definition) is 0. The summed E-state index contributed by atoms with van der Waals surface area (Å²) >= 11 is 5.87. The number of hydrogen-bond acceptors (Lipinski definition) is 4. The monoisotopic (exact) mass is 387 g/mol. The third-order valence-electron chi connectivity index (χ3n) is 4.50. The van der Waals surface area contributed by atoms with Crippen LogP contribution in [0.1, 0.15) is 27.4 Å². The van der Waals surface area contributed by atoms with Crippen LogP contribution in [0.25, 0.3) is 0 Å². The summed E-state index contributed by atoms with van der Waals surface area (Å²) in [4.78, 5) is 14.5. The van der Waals surface area contributed by atoms with Crippen LogP contribution in [-0.2, 0) is 20.3 Å². The first-order valence-electron chi connectivity index (χ1n) is 8.51. The Labute approximate surface area is 163 Å². The Bertz CT molecular complexity index is 946. The summed E-state index contributed by atoms with van der Waals surface area (Å²) in [6.45, 7) is 4.56. The average molecular weight is 388 g/mol. The number of carbonyl (C=O) groups excluding carboxylic acids is 1. The lowest BCUT2D eigenvalue weighted by Gasteiger charge is -2.18. The van der Waals surface area contributed by atoms with E-state index < -0.39 is 0 Å². The molecule has 8 heteroatoms. The van der Waals surface area contributed by atoms with E-state index in [2.05, 4.69) is 10.2 Å². The van der Waals surface area contributed by atoms with Gasteiger partial charge >= 0.3 is 0 Å².